The molecule has 0 aliphatic heterocycles. The number of halogens is 3. The van der Waals surface area contributed by atoms with Crippen LogP contribution in [0.5, 0.6) is 0 Å². The molecule has 0 aromatic rings. The van der Waals surface area contributed by atoms with Gasteiger partial charge in [0, 0.05) is 0 Å². The van der Waals surface area contributed by atoms with Crippen LogP contribution in [0.2, 0.25) is 0 Å². The quantitative estimate of drug-likeness (QED) is 0.459. The molecule has 0 amide bonds. The molecule has 23 heavy (non-hydrogen) atoms. The van der Waals surface area contributed by atoms with Crippen molar-refractivity contribution in [1.82, 2.24) is 0 Å². The fourth-order valence-corrected chi connectivity index (χ4v) is 9.71. The van der Waals surface area contributed by atoms with E-state index in [0.29, 0.717) is 7.92 Å². The van der Waals surface area contributed by atoms with E-state index in [0.717, 1.165) is 0 Å². The third-order valence-corrected chi connectivity index (χ3v) is 10.1. The standard InChI is InChI=1S/C18H33P.CHF3/c1-4-10-16(11-5-1)19(17-12-6-2-7-13-17)18-14-8-3-9-15-18;2-1(3)4/h16-18H,1-15H2;1H. The van der Waals surface area contributed by atoms with Crippen LogP contribution in [0.3, 0.4) is 0 Å². The van der Waals surface area contributed by atoms with Crippen LogP contribution in [0, 0.1) is 0 Å². The Bertz CT molecular complexity index is 247. The summed E-state index contributed by atoms with van der Waals surface area (Å²) in [7, 11) is 0.385. The van der Waals surface area contributed by atoms with Crippen molar-refractivity contribution in [3.8, 4) is 0 Å². The lowest BCUT2D eigenvalue weighted by molar-refractivity contribution is 0.00819. The van der Waals surface area contributed by atoms with E-state index in [1.807, 2.05) is 0 Å². The van der Waals surface area contributed by atoms with Gasteiger partial charge in [-0.3, -0.25) is 0 Å². The van der Waals surface area contributed by atoms with Crippen molar-refractivity contribution in [1.29, 1.82) is 0 Å². The Morgan fingerprint density at radius 3 is 0.913 bits per heavy atom. The minimum atomic E-state index is -3.67. The van der Waals surface area contributed by atoms with Crippen molar-refractivity contribution in [2.24, 2.45) is 0 Å². The van der Waals surface area contributed by atoms with Crippen molar-refractivity contribution in [2.75, 3.05) is 0 Å². The lowest BCUT2D eigenvalue weighted by Gasteiger charge is -2.44. The highest BCUT2D eigenvalue weighted by Gasteiger charge is 2.36. The molecule has 0 unspecified atom stereocenters. The van der Waals surface area contributed by atoms with Gasteiger partial charge in [0.1, 0.15) is 0 Å². The third kappa shape index (κ3) is 6.92. The second kappa shape index (κ2) is 11.0. The molecule has 3 aliphatic rings. The molecule has 0 aromatic carbocycles. The predicted octanol–water partition coefficient (Wildman–Crippen LogP) is 7.64. The van der Waals surface area contributed by atoms with Gasteiger partial charge in [-0.2, -0.15) is 13.2 Å². The van der Waals surface area contributed by atoms with Crippen molar-refractivity contribution in [3.05, 3.63) is 0 Å². The molecule has 0 atom stereocenters. The summed E-state index contributed by atoms with van der Waals surface area (Å²) in [6.07, 6.45) is 23.6. The van der Waals surface area contributed by atoms with E-state index >= 15 is 0 Å². The van der Waals surface area contributed by atoms with Gasteiger partial charge in [-0.05, 0) is 55.5 Å². The molecule has 0 spiro atoms. The van der Waals surface area contributed by atoms with Crippen molar-refractivity contribution in [2.45, 2.75) is 120 Å². The van der Waals surface area contributed by atoms with Crippen molar-refractivity contribution >= 4 is 7.92 Å². The van der Waals surface area contributed by atoms with Gasteiger partial charge in [-0.15, -0.1) is 0 Å². The van der Waals surface area contributed by atoms with E-state index < -0.39 is 6.68 Å². The summed E-state index contributed by atoms with van der Waals surface area (Å²) in [6.45, 7) is -3.67. The van der Waals surface area contributed by atoms with Crippen molar-refractivity contribution < 1.29 is 13.2 Å². The number of hydrogen-bond donors (Lipinski definition) is 0. The molecule has 0 bridgehead atoms. The van der Waals surface area contributed by atoms with Crippen LogP contribution in [0.25, 0.3) is 0 Å². The first-order valence-electron chi connectivity index (χ1n) is 9.88. The van der Waals surface area contributed by atoms with Gasteiger partial charge in [0.05, 0.1) is 0 Å². The Balaban J connectivity index is 0.000000433. The van der Waals surface area contributed by atoms with E-state index in [2.05, 4.69) is 0 Å². The molecule has 0 radical (unpaired) electrons. The minimum absolute atomic E-state index is 0.385. The number of alkyl halides is 3. The SMILES string of the molecule is C1CCC(P(C2CCCCC2)C2CCCCC2)CC1.FC(F)F. The average Bonchev–Trinajstić information content (AvgIpc) is 2.58. The Morgan fingerprint density at radius 2 is 0.696 bits per heavy atom. The maximum Gasteiger partial charge on any atom is 0.379 e. The Morgan fingerprint density at radius 1 is 0.478 bits per heavy atom. The first-order valence-corrected chi connectivity index (χ1v) is 11.4. The summed E-state index contributed by atoms with van der Waals surface area (Å²) in [5.41, 5.74) is 3.57. The van der Waals surface area contributed by atoms with E-state index in [1.54, 1.807) is 77.0 Å². The van der Waals surface area contributed by atoms with Crippen LogP contribution in [0.15, 0.2) is 0 Å². The zero-order valence-corrected chi connectivity index (χ0v) is 15.4. The molecule has 0 N–H and O–H groups in total. The second-order valence-corrected chi connectivity index (χ2v) is 10.7. The smallest absolute Gasteiger partial charge is 0.174 e. The largest absolute Gasteiger partial charge is 0.379 e. The molecule has 0 heterocycles. The molecule has 3 rings (SSSR count). The molecule has 0 nitrogen and oxygen atoms in total. The Kier molecular flexibility index (Phi) is 9.31. The summed E-state index contributed by atoms with van der Waals surface area (Å²) in [5, 5.41) is 0. The van der Waals surface area contributed by atoms with E-state index in [9.17, 15) is 13.2 Å². The summed E-state index contributed by atoms with van der Waals surface area (Å²) in [5.74, 6) is 0. The Hall–Kier alpha value is 0.220. The zero-order chi connectivity index (χ0) is 16.5. The molecule has 3 saturated carbocycles. The van der Waals surface area contributed by atoms with Gasteiger partial charge in [-0.1, -0.05) is 65.7 Å². The molecule has 3 aliphatic carbocycles. The van der Waals surface area contributed by atoms with Crippen LogP contribution in [0.1, 0.15) is 96.3 Å². The molecule has 0 aromatic heterocycles. The fourth-order valence-electron chi connectivity index (χ4n) is 5.03. The lowest BCUT2D eigenvalue weighted by atomic mass is 9.99. The van der Waals surface area contributed by atoms with E-state index in [-0.39, 0.29) is 0 Å². The number of hydrogen-bond acceptors (Lipinski definition) is 0. The minimum Gasteiger partial charge on any atom is -0.174 e. The van der Waals surface area contributed by atoms with Gasteiger partial charge in [0.2, 0.25) is 0 Å². The number of rotatable bonds is 3. The van der Waals surface area contributed by atoms with Crippen LogP contribution in [-0.4, -0.2) is 23.7 Å². The molecular formula is C19H34F3P. The molecule has 136 valence electrons. The van der Waals surface area contributed by atoms with Gasteiger partial charge in [0.15, 0.2) is 0 Å². The van der Waals surface area contributed by atoms with E-state index in [1.165, 1.54) is 36.2 Å². The third-order valence-electron chi connectivity index (χ3n) is 5.99. The molecule has 3 fully saturated rings. The molecular weight excluding hydrogens is 316 g/mol. The van der Waals surface area contributed by atoms with Gasteiger partial charge < -0.3 is 0 Å². The first kappa shape index (κ1) is 19.5. The summed E-state index contributed by atoms with van der Waals surface area (Å²) in [6, 6.07) is 0. The lowest BCUT2D eigenvalue weighted by Crippen LogP contribution is -2.28. The fraction of sp³-hybridized carbons (Fsp3) is 1.00. The monoisotopic (exact) mass is 350 g/mol. The van der Waals surface area contributed by atoms with Crippen LogP contribution in [0.4, 0.5) is 13.2 Å². The highest BCUT2D eigenvalue weighted by atomic mass is 31.1. The van der Waals surface area contributed by atoms with Crippen molar-refractivity contribution in [3.63, 3.8) is 0 Å². The maximum atomic E-state index is 9.67. The summed E-state index contributed by atoms with van der Waals surface area (Å²) < 4.78 is 29.0. The summed E-state index contributed by atoms with van der Waals surface area (Å²) in [4.78, 5) is 0. The zero-order valence-electron chi connectivity index (χ0n) is 14.5. The second-order valence-electron chi connectivity index (χ2n) is 7.57. The van der Waals surface area contributed by atoms with Gasteiger partial charge in [-0.25, -0.2) is 0 Å². The first-order chi connectivity index (χ1) is 11.2. The van der Waals surface area contributed by atoms with Crippen LogP contribution in [-0.2, 0) is 0 Å². The van der Waals surface area contributed by atoms with Crippen LogP contribution < -0.4 is 0 Å². The predicted molar refractivity (Wildman–Crippen MR) is 94.7 cm³/mol. The normalized spacial score (nSPS) is 25.4. The summed E-state index contributed by atoms with van der Waals surface area (Å²) >= 11 is 0. The highest BCUT2D eigenvalue weighted by Crippen LogP contribution is 2.61. The van der Waals surface area contributed by atoms with Gasteiger partial charge >= 0.3 is 6.68 Å². The Labute approximate surface area is 141 Å². The van der Waals surface area contributed by atoms with Crippen LogP contribution >= 0.6 is 7.92 Å². The molecule has 0 saturated heterocycles. The topological polar surface area (TPSA) is 0 Å². The highest BCUT2D eigenvalue weighted by molar-refractivity contribution is 7.59. The molecule has 4 heteroatoms. The van der Waals surface area contributed by atoms with E-state index in [4.69, 9.17) is 0 Å². The van der Waals surface area contributed by atoms with Gasteiger partial charge in [0.25, 0.3) is 0 Å². The maximum absolute atomic E-state index is 9.67. The average molecular weight is 350 g/mol.